The first-order valence-electron chi connectivity index (χ1n) is 7.89. The molecule has 2 aromatic rings. The first-order chi connectivity index (χ1) is 12.1. The zero-order valence-corrected chi connectivity index (χ0v) is 14.7. The Labute approximate surface area is 154 Å². The van der Waals surface area contributed by atoms with Crippen LogP contribution in [-0.2, 0) is 9.53 Å². The van der Waals surface area contributed by atoms with Gasteiger partial charge in [0.25, 0.3) is 0 Å². The number of hydrogen-bond donors (Lipinski definition) is 0. The molecule has 0 bridgehead atoms. The Hall–Kier alpha value is -2.17. The summed E-state index contributed by atoms with van der Waals surface area (Å²) in [6.45, 7) is 1.43. The van der Waals surface area contributed by atoms with Crippen molar-refractivity contribution in [3.63, 3.8) is 0 Å². The average Bonchev–Trinajstić information content (AvgIpc) is 2.84. The highest BCUT2D eigenvalue weighted by Gasteiger charge is 2.28. The molecule has 4 rings (SSSR count). The van der Waals surface area contributed by atoms with E-state index in [1.54, 1.807) is 18.2 Å². The average molecular weight is 377 g/mol. The number of ether oxygens (including phenoxy) is 3. The van der Waals surface area contributed by atoms with Crippen LogP contribution in [0.1, 0.15) is 17.5 Å². The Bertz CT molecular complexity index is 889. The molecule has 0 radical (unpaired) electrons. The topological polar surface area (TPSA) is 44.8 Å². The van der Waals surface area contributed by atoms with Crippen LogP contribution in [0.4, 0.5) is 0 Å². The van der Waals surface area contributed by atoms with Gasteiger partial charge in [-0.05, 0) is 35.4 Å². The predicted molar refractivity (Wildman–Crippen MR) is 96.3 cm³/mol. The molecule has 2 aliphatic heterocycles. The van der Waals surface area contributed by atoms with E-state index in [0.29, 0.717) is 45.9 Å². The summed E-state index contributed by atoms with van der Waals surface area (Å²) in [6, 6.07) is 10.8. The minimum absolute atomic E-state index is 0.202. The fourth-order valence-electron chi connectivity index (χ4n) is 2.93. The first-order valence-corrected chi connectivity index (χ1v) is 8.65. The summed E-state index contributed by atoms with van der Waals surface area (Å²) in [5.41, 5.74) is 2.82. The Kier molecular flexibility index (Phi) is 4.32. The van der Waals surface area contributed by atoms with Gasteiger partial charge in [0, 0.05) is 12.0 Å². The largest absolute Gasteiger partial charge is 0.490 e. The van der Waals surface area contributed by atoms with E-state index in [-0.39, 0.29) is 12.6 Å². The normalized spacial score (nSPS) is 16.6. The van der Waals surface area contributed by atoms with E-state index in [4.69, 9.17) is 37.4 Å². The minimum Gasteiger partial charge on any atom is -0.490 e. The van der Waals surface area contributed by atoms with Gasteiger partial charge < -0.3 is 14.2 Å². The van der Waals surface area contributed by atoms with Crippen molar-refractivity contribution in [3.8, 4) is 11.5 Å². The molecule has 0 spiro atoms. The number of carbonyl (C=O) groups is 1. The Morgan fingerprint density at radius 2 is 1.56 bits per heavy atom. The van der Waals surface area contributed by atoms with Crippen LogP contribution in [0.25, 0.3) is 11.1 Å². The molecule has 0 amide bonds. The minimum atomic E-state index is -0.375. The molecule has 0 fully saturated rings. The Balaban J connectivity index is 1.81. The van der Waals surface area contributed by atoms with Crippen LogP contribution >= 0.6 is 23.2 Å². The zero-order valence-electron chi connectivity index (χ0n) is 13.2. The van der Waals surface area contributed by atoms with Gasteiger partial charge >= 0.3 is 5.97 Å². The van der Waals surface area contributed by atoms with Gasteiger partial charge in [-0.1, -0.05) is 35.3 Å². The van der Waals surface area contributed by atoms with Gasteiger partial charge in [0.15, 0.2) is 11.5 Å². The molecule has 0 aromatic heterocycles. The van der Waals surface area contributed by atoms with Crippen molar-refractivity contribution < 1.29 is 19.0 Å². The fraction of sp³-hybridized carbons (Fsp3) is 0.211. The van der Waals surface area contributed by atoms with Crippen LogP contribution in [0, 0.1) is 0 Å². The highest BCUT2D eigenvalue weighted by atomic mass is 35.5. The first kappa shape index (κ1) is 16.3. The van der Waals surface area contributed by atoms with Crippen LogP contribution in [0.15, 0.2) is 36.4 Å². The summed E-state index contributed by atoms with van der Waals surface area (Å²) >= 11 is 12.1. The lowest BCUT2D eigenvalue weighted by Gasteiger charge is -2.10. The highest BCUT2D eigenvalue weighted by molar-refractivity contribution is 6.42. The third kappa shape index (κ3) is 3.08. The molecule has 0 unspecified atom stereocenters. The molecule has 25 heavy (non-hydrogen) atoms. The summed E-state index contributed by atoms with van der Waals surface area (Å²) in [4.78, 5) is 12.3. The van der Waals surface area contributed by atoms with E-state index in [9.17, 15) is 4.79 Å². The molecule has 2 aliphatic rings. The molecular formula is C19H14Cl2O4. The third-order valence-electron chi connectivity index (χ3n) is 4.16. The lowest BCUT2D eigenvalue weighted by atomic mass is 9.96. The van der Waals surface area contributed by atoms with Crippen molar-refractivity contribution in [1.29, 1.82) is 0 Å². The molecule has 0 atom stereocenters. The number of esters is 1. The van der Waals surface area contributed by atoms with Crippen molar-refractivity contribution in [3.05, 3.63) is 57.6 Å². The third-order valence-corrected chi connectivity index (χ3v) is 4.90. The monoisotopic (exact) mass is 376 g/mol. The Morgan fingerprint density at radius 1 is 0.800 bits per heavy atom. The van der Waals surface area contributed by atoms with Crippen LogP contribution in [0.3, 0.4) is 0 Å². The van der Waals surface area contributed by atoms with Crippen LogP contribution in [0.5, 0.6) is 11.5 Å². The molecule has 6 heteroatoms. The van der Waals surface area contributed by atoms with Crippen molar-refractivity contribution >= 4 is 40.3 Å². The highest BCUT2D eigenvalue weighted by Crippen LogP contribution is 2.38. The summed E-state index contributed by atoms with van der Waals surface area (Å²) < 4.78 is 16.7. The summed E-state index contributed by atoms with van der Waals surface area (Å²) in [6.07, 6.45) is 0.836. The molecule has 128 valence electrons. The molecule has 2 heterocycles. The van der Waals surface area contributed by atoms with E-state index in [1.165, 1.54) is 0 Å². The van der Waals surface area contributed by atoms with Gasteiger partial charge in [0.1, 0.15) is 6.61 Å². The quantitative estimate of drug-likeness (QED) is 0.717. The molecule has 0 aliphatic carbocycles. The Morgan fingerprint density at radius 3 is 2.36 bits per heavy atom. The van der Waals surface area contributed by atoms with E-state index >= 15 is 0 Å². The van der Waals surface area contributed by atoms with Gasteiger partial charge in [-0.25, -0.2) is 4.79 Å². The smallest absolute Gasteiger partial charge is 0.339 e. The van der Waals surface area contributed by atoms with E-state index in [2.05, 4.69) is 0 Å². The van der Waals surface area contributed by atoms with Crippen molar-refractivity contribution in [2.75, 3.05) is 19.8 Å². The number of rotatable bonds is 2. The molecule has 0 saturated heterocycles. The van der Waals surface area contributed by atoms with Crippen molar-refractivity contribution in [2.24, 2.45) is 0 Å². The molecule has 0 N–H and O–H groups in total. The second-order valence-corrected chi connectivity index (χ2v) is 6.58. The summed E-state index contributed by atoms with van der Waals surface area (Å²) in [7, 11) is 0. The predicted octanol–water partition coefficient (Wildman–Crippen LogP) is 4.62. The zero-order chi connectivity index (χ0) is 17.4. The second kappa shape index (κ2) is 6.62. The van der Waals surface area contributed by atoms with Crippen LogP contribution in [-0.4, -0.2) is 25.8 Å². The number of cyclic esters (lactones) is 1. The maximum atomic E-state index is 12.3. The molecule has 0 saturated carbocycles. The number of fused-ring (bicyclic) bond motifs is 1. The van der Waals surface area contributed by atoms with Gasteiger partial charge in [0.05, 0.1) is 28.8 Å². The SMILES string of the molecule is O=C1OCC(c2ccc3c(c2)OCCCO3)=C1c1ccc(Cl)c(Cl)c1. The maximum Gasteiger partial charge on any atom is 0.339 e. The fourth-order valence-corrected chi connectivity index (χ4v) is 3.23. The van der Waals surface area contributed by atoms with Crippen molar-refractivity contribution in [2.45, 2.75) is 6.42 Å². The molecule has 2 aromatic carbocycles. The second-order valence-electron chi connectivity index (χ2n) is 5.77. The number of benzene rings is 2. The maximum absolute atomic E-state index is 12.3. The summed E-state index contributed by atoms with van der Waals surface area (Å²) in [5, 5.41) is 0.832. The standard InChI is InChI=1S/C19H14Cl2O4/c20-14-4-2-12(8-15(14)21)18-13(10-25-19(18)22)11-3-5-16-17(9-11)24-7-1-6-23-16/h2-5,8-9H,1,6-7,10H2. The lowest BCUT2D eigenvalue weighted by Crippen LogP contribution is -1.98. The van der Waals surface area contributed by atoms with E-state index in [0.717, 1.165) is 17.6 Å². The lowest BCUT2D eigenvalue weighted by molar-refractivity contribution is -0.133. The number of halogens is 2. The van der Waals surface area contributed by atoms with Gasteiger partial charge in [-0.3, -0.25) is 0 Å². The van der Waals surface area contributed by atoms with Gasteiger partial charge in [0.2, 0.25) is 0 Å². The number of carbonyl (C=O) groups excluding carboxylic acids is 1. The molecule has 4 nitrogen and oxygen atoms in total. The summed E-state index contributed by atoms with van der Waals surface area (Å²) in [5.74, 6) is 1.01. The van der Waals surface area contributed by atoms with E-state index in [1.807, 2.05) is 18.2 Å². The van der Waals surface area contributed by atoms with Gasteiger partial charge in [-0.15, -0.1) is 0 Å². The van der Waals surface area contributed by atoms with Gasteiger partial charge in [-0.2, -0.15) is 0 Å². The number of hydrogen-bond acceptors (Lipinski definition) is 4. The van der Waals surface area contributed by atoms with Crippen molar-refractivity contribution in [1.82, 2.24) is 0 Å². The molecular weight excluding hydrogens is 363 g/mol. The van der Waals surface area contributed by atoms with Crippen LogP contribution in [0.2, 0.25) is 10.0 Å². The van der Waals surface area contributed by atoms with E-state index < -0.39 is 0 Å². The van der Waals surface area contributed by atoms with Crippen LogP contribution < -0.4 is 9.47 Å².